The molecule has 1 unspecified atom stereocenters. The summed E-state index contributed by atoms with van der Waals surface area (Å²) < 4.78 is 36.5. The van der Waals surface area contributed by atoms with Gasteiger partial charge in [0.15, 0.2) is 11.6 Å². The molecule has 4 aromatic rings. The largest absolute Gasteiger partial charge is 0.496 e. The Hall–Kier alpha value is -4.12. The number of nitrogens with zero attached hydrogens (tertiary/aromatic N) is 5. The van der Waals surface area contributed by atoms with Crippen LogP contribution < -0.4 is 20.3 Å². The number of benzene rings is 2. The Kier molecular flexibility index (Phi) is 6.70. The minimum atomic E-state index is -0.585. The van der Waals surface area contributed by atoms with Crippen molar-refractivity contribution >= 4 is 28.2 Å². The maximum atomic E-state index is 15.2. The van der Waals surface area contributed by atoms with Crippen LogP contribution >= 0.6 is 0 Å². The highest BCUT2D eigenvalue weighted by molar-refractivity contribution is 6.09. The predicted octanol–water partition coefficient (Wildman–Crippen LogP) is 3.76. The molecule has 0 aliphatic carbocycles. The summed E-state index contributed by atoms with van der Waals surface area (Å²) in [4.78, 5) is 23.8. The number of likely N-dealkylation sites (N-methyl/N-ethyl adjacent to an activating group) is 1. The lowest BCUT2D eigenvalue weighted by molar-refractivity contribution is 0.102. The molecule has 11 heteroatoms. The van der Waals surface area contributed by atoms with Crippen LogP contribution in [0.1, 0.15) is 23.3 Å². The molecule has 2 aromatic heterocycles. The Labute approximate surface area is 212 Å². The van der Waals surface area contributed by atoms with Crippen molar-refractivity contribution in [3.05, 3.63) is 60.1 Å². The first-order valence-electron chi connectivity index (χ1n) is 11.9. The van der Waals surface area contributed by atoms with E-state index in [0.29, 0.717) is 22.3 Å². The number of carbonyl (C=O) groups excluding carboxylic acids is 1. The molecule has 3 heterocycles. The van der Waals surface area contributed by atoms with Crippen LogP contribution in [0.15, 0.2) is 42.7 Å². The number of fused-ring (bicyclic) bond motifs is 1. The molecule has 5 rings (SSSR count). The van der Waals surface area contributed by atoms with Crippen molar-refractivity contribution in [3.8, 4) is 17.1 Å². The van der Waals surface area contributed by atoms with E-state index in [4.69, 9.17) is 4.74 Å². The number of ether oxygens (including phenoxy) is 1. The first-order chi connectivity index (χ1) is 17.9. The monoisotopic (exact) mass is 507 g/mol. The molecule has 1 aliphatic rings. The van der Waals surface area contributed by atoms with Gasteiger partial charge in [-0.25, -0.2) is 18.7 Å². The third-order valence-corrected chi connectivity index (χ3v) is 6.67. The number of amides is 1. The molecule has 0 spiro atoms. The van der Waals surface area contributed by atoms with Gasteiger partial charge in [0, 0.05) is 44.3 Å². The van der Waals surface area contributed by atoms with E-state index >= 15 is 4.39 Å². The second kappa shape index (κ2) is 10.1. The van der Waals surface area contributed by atoms with Gasteiger partial charge in [-0.3, -0.25) is 9.48 Å². The van der Waals surface area contributed by atoms with Crippen molar-refractivity contribution in [1.82, 2.24) is 25.1 Å². The smallest absolute Gasteiger partial charge is 0.274 e. The maximum absolute atomic E-state index is 15.2. The Morgan fingerprint density at radius 3 is 2.86 bits per heavy atom. The van der Waals surface area contributed by atoms with Gasteiger partial charge in [0.05, 0.1) is 30.2 Å². The van der Waals surface area contributed by atoms with Crippen molar-refractivity contribution < 1.29 is 18.3 Å². The number of carbonyl (C=O) groups is 1. The summed E-state index contributed by atoms with van der Waals surface area (Å²) in [5, 5.41) is 11.0. The molecule has 1 saturated heterocycles. The van der Waals surface area contributed by atoms with Crippen molar-refractivity contribution in [2.45, 2.75) is 18.9 Å². The number of methoxy groups -OCH3 is 1. The highest BCUT2D eigenvalue weighted by atomic mass is 19.1. The predicted molar refractivity (Wildman–Crippen MR) is 137 cm³/mol. The Morgan fingerprint density at radius 1 is 1.27 bits per heavy atom. The fourth-order valence-corrected chi connectivity index (χ4v) is 4.81. The molecule has 1 fully saturated rings. The first-order valence-corrected chi connectivity index (χ1v) is 11.9. The second-order valence-electron chi connectivity index (χ2n) is 8.93. The summed E-state index contributed by atoms with van der Waals surface area (Å²) in [6, 6.07) is 7.23. The Balaban J connectivity index is 1.54. The van der Waals surface area contributed by atoms with E-state index in [1.165, 1.54) is 42.3 Å². The average Bonchev–Trinajstić information content (AvgIpc) is 3.30. The Bertz CT molecular complexity index is 1470. The van der Waals surface area contributed by atoms with Crippen molar-refractivity contribution in [3.63, 3.8) is 0 Å². The summed E-state index contributed by atoms with van der Waals surface area (Å²) in [6.45, 7) is 1.71. The minimum Gasteiger partial charge on any atom is -0.496 e. The third-order valence-electron chi connectivity index (χ3n) is 6.67. The molecule has 1 atom stereocenters. The van der Waals surface area contributed by atoms with E-state index in [-0.39, 0.29) is 28.9 Å². The minimum absolute atomic E-state index is 0.00196. The fraction of sp³-hybridized carbons (Fsp3) is 0.308. The molecule has 2 aromatic carbocycles. The van der Waals surface area contributed by atoms with Crippen LogP contribution in [0.2, 0.25) is 0 Å². The van der Waals surface area contributed by atoms with Crippen LogP contribution in [-0.2, 0) is 7.05 Å². The molecule has 1 amide bonds. The molecule has 9 nitrogen and oxygen atoms in total. The summed E-state index contributed by atoms with van der Waals surface area (Å²) in [7, 11) is 5.02. The van der Waals surface area contributed by atoms with Crippen LogP contribution in [-0.4, -0.2) is 58.9 Å². The lowest BCUT2D eigenvalue weighted by atomic mass is 10.0. The molecular formula is C26H27F2N7O2. The number of aromatic nitrogens is 4. The summed E-state index contributed by atoms with van der Waals surface area (Å²) in [6.07, 6.45) is 4.94. The molecule has 0 radical (unpaired) electrons. The summed E-state index contributed by atoms with van der Waals surface area (Å²) >= 11 is 0. The Morgan fingerprint density at radius 2 is 2.11 bits per heavy atom. The molecule has 2 N–H and O–H groups in total. The van der Waals surface area contributed by atoms with E-state index in [9.17, 15) is 9.18 Å². The number of hydrogen-bond acceptors (Lipinski definition) is 7. The van der Waals surface area contributed by atoms with Crippen LogP contribution in [0, 0.1) is 11.6 Å². The average molecular weight is 508 g/mol. The zero-order valence-electron chi connectivity index (χ0n) is 20.8. The highest BCUT2D eigenvalue weighted by Gasteiger charge is 2.26. The quantitative estimate of drug-likeness (QED) is 0.410. The normalized spacial score (nSPS) is 15.5. The number of anilines is 2. The van der Waals surface area contributed by atoms with Crippen LogP contribution in [0.4, 0.5) is 20.2 Å². The SMILES string of the molecule is COc1cccc(F)c1-c1nccc(C(=O)Nc2cc(F)c3c(cnn3C)c2N(C)C2CCCNC2)n1. The number of nitrogens with one attached hydrogen (secondary N) is 2. The van der Waals surface area contributed by atoms with Crippen molar-refractivity contribution in [2.24, 2.45) is 7.05 Å². The van der Waals surface area contributed by atoms with Gasteiger partial charge in [-0.15, -0.1) is 0 Å². The van der Waals surface area contributed by atoms with Crippen LogP contribution in [0.25, 0.3) is 22.3 Å². The fourth-order valence-electron chi connectivity index (χ4n) is 4.81. The van der Waals surface area contributed by atoms with E-state index in [1.54, 1.807) is 19.3 Å². The molecule has 37 heavy (non-hydrogen) atoms. The van der Waals surface area contributed by atoms with Gasteiger partial charge in [0.2, 0.25) is 0 Å². The second-order valence-corrected chi connectivity index (χ2v) is 8.93. The summed E-state index contributed by atoms with van der Waals surface area (Å²) in [5.41, 5.74) is 1.35. The first kappa shape index (κ1) is 24.6. The third kappa shape index (κ3) is 4.57. The van der Waals surface area contributed by atoms with Gasteiger partial charge < -0.3 is 20.3 Å². The number of rotatable bonds is 6. The topological polar surface area (TPSA) is 97.2 Å². The van der Waals surface area contributed by atoms with Gasteiger partial charge in [-0.2, -0.15) is 5.10 Å². The molecule has 0 saturated carbocycles. The maximum Gasteiger partial charge on any atom is 0.274 e. The van der Waals surface area contributed by atoms with Crippen molar-refractivity contribution in [2.75, 3.05) is 37.5 Å². The number of aryl methyl sites for hydroxylation is 1. The van der Waals surface area contributed by atoms with E-state index < -0.39 is 17.5 Å². The van der Waals surface area contributed by atoms with Gasteiger partial charge in [0.25, 0.3) is 5.91 Å². The standard InChI is InChI=1S/C26H27F2N7O2/c1-34(15-6-5-10-29-13-15)24-16-14-31-35(2)23(16)18(28)12-20(24)33-26(36)19-9-11-30-25(32-19)22-17(27)7-4-8-21(22)37-3/h4,7-9,11-12,14-15,29H,5-6,10,13H2,1-3H3,(H,33,36). The van der Waals surface area contributed by atoms with Gasteiger partial charge >= 0.3 is 0 Å². The molecule has 0 bridgehead atoms. The summed E-state index contributed by atoms with van der Waals surface area (Å²) in [5.74, 6) is -1.43. The molecule has 1 aliphatic heterocycles. The van der Waals surface area contributed by atoms with E-state index in [1.807, 2.05) is 7.05 Å². The zero-order valence-corrected chi connectivity index (χ0v) is 20.8. The lowest BCUT2D eigenvalue weighted by Crippen LogP contribution is -2.44. The van der Waals surface area contributed by atoms with Crippen LogP contribution in [0.3, 0.4) is 0 Å². The number of halogens is 2. The number of piperidine rings is 1. The van der Waals surface area contributed by atoms with Crippen LogP contribution in [0.5, 0.6) is 5.75 Å². The highest BCUT2D eigenvalue weighted by Crippen LogP contribution is 2.38. The van der Waals surface area contributed by atoms with E-state index in [0.717, 1.165) is 25.9 Å². The van der Waals surface area contributed by atoms with Gasteiger partial charge in [0.1, 0.15) is 22.8 Å². The lowest BCUT2D eigenvalue weighted by Gasteiger charge is -2.35. The zero-order chi connectivity index (χ0) is 26.1. The van der Waals surface area contributed by atoms with Gasteiger partial charge in [-0.05, 0) is 37.6 Å². The molecular weight excluding hydrogens is 480 g/mol. The van der Waals surface area contributed by atoms with E-state index in [2.05, 4.69) is 30.6 Å². The number of hydrogen-bond donors (Lipinski definition) is 2. The van der Waals surface area contributed by atoms with Gasteiger partial charge in [-0.1, -0.05) is 6.07 Å². The molecule has 192 valence electrons. The van der Waals surface area contributed by atoms with Crippen molar-refractivity contribution in [1.29, 1.82) is 0 Å².